The Morgan fingerprint density at radius 1 is 1.33 bits per heavy atom. The molecule has 0 aliphatic carbocycles. The van der Waals surface area contributed by atoms with Gasteiger partial charge < -0.3 is 10.1 Å². The minimum Gasteiger partial charge on any atom is -0.323 e. The van der Waals surface area contributed by atoms with Crippen LogP contribution in [-0.4, -0.2) is 39.8 Å². The van der Waals surface area contributed by atoms with Crippen molar-refractivity contribution in [1.29, 1.82) is 0 Å². The Morgan fingerprint density at radius 2 is 2.05 bits per heavy atom. The second-order valence-corrected chi connectivity index (χ2v) is 5.41. The van der Waals surface area contributed by atoms with Crippen LogP contribution in [0.15, 0.2) is 18.5 Å². The topological polar surface area (TPSA) is 83.9 Å². The number of anilines is 1. The Kier molecular flexibility index (Phi) is 2.94. The molecule has 110 valence electrons. The summed E-state index contributed by atoms with van der Waals surface area (Å²) in [4.78, 5) is 31.0. The molecule has 2 aromatic rings. The Balaban J connectivity index is 2.18. The molecular formula is C14H17N5O2. The van der Waals surface area contributed by atoms with E-state index in [0.29, 0.717) is 11.3 Å². The van der Waals surface area contributed by atoms with E-state index in [2.05, 4.69) is 4.98 Å². The molecule has 2 aromatic heterocycles. The SMILES string of the molecule is Cc1cc(N2CC(=O)N(C)C2=O)c2nc([C@@H](C)N)cn2c1. The van der Waals surface area contributed by atoms with Crippen LogP contribution in [-0.2, 0) is 4.79 Å². The molecule has 3 amide bonds. The standard InChI is InChI=1S/C14H17N5O2/c1-8-4-11(19-7-12(20)17(3)14(19)21)13-16-10(9(2)15)6-18(13)5-8/h4-6,9H,7,15H2,1-3H3/t9-/m1/s1. The molecule has 0 unspecified atom stereocenters. The van der Waals surface area contributed by atoms with Crippen molar-refractivity contribution in [3.63, 3.8) is 0 Å². The van der Waals surface area contributed by atoms with Gasteiger partial charge in [0.1, 0.15) is 6.54 Å². The molecule has 21 heavy (non-hydrogen) atoms. The van der Waals surface area contributed by atoms with Gasteiger partial charge in [0.25, 0.3) is 0 Å². The minimum absolute atomic E-state index is 0.0365. The lowest BCUT2D eigenvalue weighted by molar-refractivity contribution is -0.123. The predicted octanol–water partition coefficient (Wildman–Crippen LogP) is 1.06. The summed E-state index contributed by atoms with van der Waals surface area (Å²) < 4.78 is 1.85. The Morgan fingerprint density at radius 3 is 2.62 bits per heavy atom. The summed E-state index contributed by atoms with van der Waals surface area (Å²) in [5.74, 6) is -0.223. The number of hydrogen-bond acceptors (Lipinski definition) is 4. The number of carbonyl (C=O) groups is 2. The van der Waals surface area contributed by atoms with Crippen LogP contribution in [0.4, 0.5) is 10.5 Å². The summed E-state index contributed by atoms with van der Waals surface area (Å²) in [7, 11) is 1.48. The first kappa shape index (κ1) is 13.6. The van der Waals surface area contributed by atoms with Crippen molar-refractivity contribution >= 4 is 23.3 Å². The normalized spacial score (nSPS) is 17.1. The Hall–Kier alpha value is -2.41. The van der Waals surface area contributed by atoms with E-state index in [0.717, 1.165) is 16.2 Å². The molecule has 0 saturated carbocycles. The van der Waals surface area contributed by atoms with E-state index in [-0.39, 0.29) is 24.5 Å². The number of imide groups is 1. The van der Waals surface area contributed by atoms with Crippen LogP contribution in [0, 0.1) is 6.92 Å². The molecule has 1 aliphatic heterocycles. The highest BCUT2D eigenvalue weighted by Crippen LogP contribution is 2.27. The molecule has 0 bridgehead atoms. The molecule has 1 fully saturated rings. The summed E-state index contributed by atoms with van der Waals surface area (Å²) in [5, 5.41) is 0. The number of nitrogens with zero attached hydrogens (tertiary/aromatic N) is 4. The molecule has 2 N–H and O–H groups in total. The summed E-state index contributed by atoms with van der Waals surface area (Å²) in [6.07, 6.45) is 3.77. The van der Waals surface area contributed by atoms with Crippen LogP contribution in [0.5, 0.6) is 0 Å². The van der Waals surface area contributed by atoms with E-state index >= 15 is 0 Å². The number of amides is 3. The van der Waals surface area contributed by atoms with Crippen LogP contribution < -0.4 is 10.6 Å². The van der Waals surface area contributed by atoms with Crippen molar-refractivity contribution < 1.29 is 9.59 Å². The molecule has 0 aromatic carbocycles. The van der Waals surface area contributed by atoms with Crippen molar-refractivity contribution in [2.45, 2.75) is 19.9 Å². The van der Waals surface area contributed by atoms with Gasteiger partial charge in [0.15, 0.2) is 5.65 Å². The van der Waals surface area contributed by atoms with Crippen LogP contribution in [0.2, 0.25) is 0 Å². The molecule has 1 aliphatic rings. The number of carbonyl (C=O) groups excluding carboxylic acids is 2. The third-order valence-electron chi connectivity index (χ3n) is 3.63. The van der Waals surface area contributed by atoms with Crippen molar-refractivity contribution in [2.24, 2.45) is 5.73 Å². The number of aryl methyl sites for hydroxylation is 1. The second-order valence-electron chi connectivity index (χ2n) is 5.41. The average Bonchev–Trinajstić information content (AvgIpc) is 2.95. The maximum atomic E-state index is 12.2. The van der Waals surface area contributed by atoms with Crippen molar-refractivity contribution in [2.75, 3.05) is 18.5 Å². The highest BCUT2D eigenvalue weighted by Gasteiger charge is 2.35. The number of fused-ring (bicyclic) bond motifs is 1. The third kappa shape index (κ3) is 2.06. The smallest absolute Gasteiger partial charge is 0.323 e. The molecule has 0 radical (unpaired) electrons. The molecule has 7 heteroatoms. The summed E-state index contributed by atoms with van der Waals surface area (Å²) in [5.41, 5.74) is 8.85. The van der Waals surface area contributed by atoms with Gasteiger partial charge in [-0.05, 0) is 25.5 Å². The van der Waals surface area contributed by atoms with Gasteiger partial charge in [0.05, 0.1) is 11.4 Å². The highest BCUT2D eigenvalue weighted by molar-refractivity contribution is 6.13. The molecule has 1 atom stereocenters. The fourth-order valence-corrected chi connectivity index (χ4v) is 2.44. The monoisotopic (exact) mass is 287 g/mol. The molecule has 3 rings (SSSR count). The number of hydrogen-bond donors (Lipinski definition) is 1. The first-order chi connectivity index (χ1) is 9.88. The van der Waals surface area contributed by atoms with Gasteiger partial charge in [0, 0.05) is 25.5 Å². The lowest BCUT2D eigenvalue weighted by atomic mass is 10.2. The van der Waals surface area contributed by atoms with Gasteiger partial charge in [-0.25, -0.2) is 9.78 Å². The lowest BCUT2D eigenvalue weighted by Crippen LogP contribution is -2.30. The molecule has 7 nitrogen and oxygen atoms in total. The number of pyridine rings is 1. The Labute approximate surface area is 122 Å². The number of likely N-dealkylation sites (N-methyl/N-ethyl adjacent to an activating group) is 1. The zero-order chi connectivity index (χ0) is 15.3. The van der Waals surface area contributed by atoms with Crippen LogP contribution >= 0.6 is 0 Å². The van der Waals surface area contributed by atoms with E-state index in [1.165, 1.54) is 11.9 Å². The fraction of sp³-hybridized carbons (Fsp3) is 0.357. The highest BCUT2D eigenvalue weighted by atomic mass is 16.2. The van der Waals surface area contributed by atoms with E-state index < -0.39 is 0 Å². The first-order valence-electron chi connectivity index (χ1n) is 6.71. The molecule has 0 spiro atoms. The van der Waals surface area contributed by atoms with Gasteiger partial charge in [-0.2, -0.15) is 0 Å². The summed E-state index contributed by atoms with van der Waals surface area (Å²) >= 11 is 0. The number of urea groups is 1. The van der Waals surface area contributed by atoms with Gasteiger partial charge >= 0.3 is 6.03 Å². The second kappa shape index (κ2) is 4.56. The van der Waals surface area contributed by atoms with Crippen LogP contribution in [0.1, 0.15) is 24.2 Å². The van der Waals surface area contributed by atoms with Gasteiger partial charge in [-0.15, -0.1) is 0 Å². The van der Waals surface area contributed by atoms with Crippen LogP contribution in [0.25, 0.3) is 5.65 Å². The summed E-state index contributed by atoms with van der Waals surface area (Å²) in [6, 6.07) is 1.33. The minimum atomic E-state index is -0.335. The fourth-order valence-electron chi connectivity index (χ4n) is 2.44. The molecule has 1 saturated heterocycles. The zero-order valence-corrected chi connectivity index (χ0v) is 12.2. The number of imidazole rings is 1. The van der Waals surface area contributed by atoms with E-state index in [1.807, 2.05) is 36.7 Å². The molecular weight excluding hydrogens is 270 g/mol. The van der Waals surface area contributed by atoms with Crippen molar-refractivity contribution in [1.82, 2.24) is 14.3 Å². The van der Waals surface area contributed by atoms with Gasteiger partial charge in [0.2, 0.25) is 5.91 Å². The Bertz CT molecular complexity index is 749. The van der Waals surface area contributed by atoms with Gasteiger partial charge in [-0.1, -0.05) is 0 Å². The van der Waals surface area contributed by atoms with E-state index in [4.69, 9.17) is 5.73 Å². The summed E-state index contributed by atoms with van der Waals surface area (Å²) in [6.45, 7) is 3.82. The number of nitrogens with two attached hydrogens (primary N) is 1. The predicted molar refractivity (Wildman–Crippen MR) is 78.0 cm³/mol. The number of aromatic nitrogens is 2. The van der Waals surface area contributed by atoms with Gasteiger partial charge in [-0.3, -0.25) is 14.6 Å². The largest absolute Gasteiger partial charge is 0.331 e. The van der Waals surface area contributed by atoms with Crippen LogP contribution in [0.3, 0.4) is 0 Å². The quantitative estimate of drug-likeness (QED) is 0.837. The average molecular weight is 287 g/mol. The lowest BCUT2D eigenvalue weighted by Gasteiger charge is -2.16. The van der Waals surface area contributed by atoms with E-state index in [1.54, 1.807) is 0 Å². The maximum Gasteiger partial charge on any atom is 0.331 e. The zero-order valence-electron chi connectivity index (χ0n) is 12.2. The maximum absolute atomic E-state index is 12.2. The third-order valence-corrected chi connectivity index (χ3v) is 3.63. The van der Waals surface area contributed by atoms with Crippen molar-refractivity contribution in [3.05, 3.63) is 29.7 Å². The number of rotatable bonds is 2. The van der Waals surface area contributed by atoms with Crippen molar-refractivity contribution in [3.8, 4) is 0 Å². The van der Waals surface area contributed by atoms with E-state index in [9.17, 15) is 9.59 Å². The molecule has 3 heterocycles. The first-order valence-corrected chi connectivity index (χ1v) is 6.71.